The fourth-order valence-corrected chi connectivity index (χ4v) is 6.10. The zero-order valence-corrected chi connectivity index (χ0v) is 17.6. The zero-order chi connectivity index (χ0) is 19.8. The number of halogens is 1. The molecule has 0 radical (unpaired) electrons. The van der Waals surface area contributed by atoms with Crippen molar-refractivity contribution < 1.29 is 18.0 Å². The van der Waals surface area contributed by atoms with Crippen molar-refractivity contribution in [3.63, 3.8) is 0 Å². The van der Waals surface area contributed by atoms with Crippen LogP contribution in [-0.4, -0.2) is 44.3 Å². The quantitative estimate of drug-likeness (QED) is 0.749. The van der Waals surface area contributed by atoms with Crippen molar-refractivity contribution in [1.82, 2.24) is 10.2 Å². The van der Waals surface area contributed by atoms with E-state index < -0.39 is 10.0 Å². The van der Waals surface area contributed by atoms with Crippen molar-refractivity contribution in [2.45, 2.75) is 30.0 Å². The smallest absolute Gasteiger partial charge is 0.265 e. The first-order valence-electron chi connectivity index (χ1n) is 8.12. The minimum Gasteiger partial charge on any atom is -0.349 e. The Bertz CT molecular complexity index is 961. The number of carbonyl (C=O) groups excluding carboxylic acids is 2. The second-order valence-corrected chi connectivity index (χ2v) is 10.2. The molecule has 2 aromatic heterocycles. The zero-order valence-electron chi connectivity index (χ0n) is 14.4. The Morgan fingerprint density at radius 3 is 2.52 bits per heavy atom. The molecule has 0 aromatic carbocycles. The van der Waals surface area contributed by atoms with Crippen LogP contribution in [0, 0.1) is 6.92 Å². The first-order valence-corrected chi connectivity index (χ1v) is 11.8. The molecule has 2 aromatic rings. The van der Waals surface area contributed by atoms with Gasteiger partial charge in [0.2, 0.25) is 10.0 Å². The van der Waals surface area contributed by atoms with Gasteiger partial charge in [-0.1, -0.05) is 11.6 Å². The van der Waals surface area contributed by atoms with E-state index in [0.29, 0.717) is 37.1 Å². The van der Waals surface area contributed by atoms with E-state index in [1.807, 2.05) is 5.38 Å². The molecule has 0 atom stereocenters. The molecule has 0 aliphatic carbocycles. The number of hydrogen-bond donors (Lipinski definition) is 2. The third-order valence-electron chi connectivity index (χ3n) is 4.38. The number of nitrogens with zero attached hydrogens (tertiary/aromatic N) is 1. The van der Waals surface area contributed by atoms with E-state index in [2.05, 4.69) is 5.32 Å². The third-order valence-corrected chi connectivity index (χ3v) is 8.50. The van der Waals surface area contributed by atoms with Crippen LogP contribution >= 0.6 is 34.3 Å². The lowest BCUT2D eigenvalue weighted by Crippen LogP contribution is -2.46. The van der Waals surface area contributed by atoms with Crippen LogP contribution in [0.4, 0.5) is 0 Å². The van der Waals surface area contributed by atoms with Crippen LogP contribution in [0.15, 0.2) is 21.0 Å². The Morgan fingerprint density at radius 2 is 2.00 bits per heavy atom. The molecule has 0 saturated carbocycles. The van der Waals surface area contributed by atoms with Crippen molar-refractivity contribution in [2.75, 3.05) is 13.1 Å². The summed E-state index contributed by atoms with van der Waals surface area (Å²) in [5.74, 6) is -0.429. The largest absolute Gasteiger partial charge is 0.349 e. The number of carbonyl (C=O) groups is 2. The Morgan fingerprint density at radius 1 is 1.33 bits per heavy atom. The van der Waals surface area contributed by atoms with Crippen LogP contribution in [0.2, 0.25) is 5.02 Å². The maximum absolute atomic E-state index is 12.8. The van der Waals surface area contributed by atoms with E-state index >= 15 is 0 Å². The third kappa shape index (κ3) is 4.35. The highest BCUT2D eigenvalue weighted by Crippen LogP contribution is 2.36. The lowest BCUT2D eigenvalue weighted by molar-refractivity contribution is 0.0703. The number of rotatable bonds is 4. The molecule has 2 amide bonds. The molecule has 0 bridgehead atoms. The summed E-state index contributed by atoms with van der Waals surface area (Å²) in [5.41, 5.74) is 0.931. The number of piperidine rings is 1. The Balaban J connectivity index is 1.65. The van der Waals surface area contributed by atoms with Crippen LogP contribution < -0.4 is 10.5 Å². The van der Waals surface area contributed by atoms with Crippen LogP contribution in [0.25, 0.3) is 0 Å². The van der Waals surface area contributed by atoms with Crippen molar-refractivity contribution in [3.8, 4) is 0 Å². The van der Waals surface area contributed by atoms with Crippen LogP contribution in [-0.2, 0) is 10.0 Å². The maximum Gasteiger partial charge on any atom is 0.265 e. The Labute approximate surface area is 170 Å². The van der Waals surface area contributed by atoms with Gasteiger partial charge in [-0.25, -0.2) is 13.6 Å². The van der Waals surface area contributed by atoms with Gasteiger partial charge in [0.25, 0.3) is 11.8 Å². The maximum atomic E-state index is 12.8. The van der Waals surface area contributed by atoms with Crippen LogP contribution in [0.1, 0.15) is 38.4 Å². The van der Waals surface area contributed by atoms with Gasteiger partial charge in [0.1, 0.15) is 9.09 Å². The molecule has 11 heteroatoms. The van der Waals surface area contributed by atoms with Gasteiger partial charge in [0.15, 0.2) is 0 Å². The van der Waals surface area contributed by atoms with Crippen molar-refractivity contribution in [2.24, 2.45) is 5.14 Å². The minimum absolute atomic E-state index is 0.0121. The van der Waals surface area contributed by atoms with Gasteiger partial charge in [-0.2, -0.15) is 11.3 Å². The minimum atomic E-state index is -3.93. The fourth-order valence-electron chi connectivity index (χ4n) is 2.92. The molecule has 1 aliphatic heterocycles. The predicted octanol–water partition coefficient (Wildman–Crippen LogP) is 2.45. The summed E-state index contributed by atoms with van der Waals surface area (Å²) in [6, 6.07) is 1.75. The number of nitrogens with one attached hydrogen (secondary N) is 1. The normalized spacial score (nSPS) is 15.7. The summed E-state index contributed by atoms with van der Waals surface area (Å²) in [7, 11) is -3.93. The molecule has 3 rings (SSSR count). The molecule has 3 N–H and O–H groups in total. The van der Waals surface area contributed by atoms with Gasteiger partial charge < -0.3 is 10.2 Å². The van der Waals surface area contributed by atoms with E-state index in [4.69, 9.17) is 16.7 Å². The SMILES string of the molecule is Cc1c(S(N)(=O)=O)sc(C(=O)N2CCC(NC(=O)c3ccsc3)CC2)c1Cl. The molecule has 7 nitrogen and oxygen atoms in total. The monoisotopic (exact) mass is 447 g/mol. The summed E-state index contributed by atoms with van der Waals surface area (Å²) in [4.78, 5) is 26.7. The second-order valence-electron chi connectivity index (χ2n) is 6.25. The van der Waals surface area contributed by atoms with Gasteiger partial charge >= 0.3 is 0 Å². The highest BCUT2D eigenvalue weighted by molar-refractivity contribution is 7.91. The number of amides is 2. The van der Waals surface area contributed by atoms with E-state index in [9.17, 15) is 18.0 Å². The summed E-state index contributed by atoms with van der Waals surface area (Å²) >= 11 is 8.44. The number of hydrogen-bond acceptors (Lipinski definition) is 6. The average molecular weight is 448 g/mol. The van der Waals surface area contributed by atoms with E-state index in [0.717, 1.165) is 11.3 Å². The number of likely N-dealkylation sites (tertiary alicyclic amines) is 1. The Hall–Kier alpha value is -1.46. The lowest BCUT2D eigenvalue weighted by Gasteiger charge is -2.32. The summed E-state index contributed by atoms with van der Waals surface area (Å²) in [6.45, 7) is 2.43. The van der Waals surface area contributed by atoms with Gasteiger partial charge in [0, 0.05) is 30.1 Å². The topological polar surface area (TPSA) is 110 Å². The van der Waals surface area contributed by atoms with Crippen molar-refractivity contribution in [3.05, 3.63) is 37.9 Å². The fraction of sp³-hybridized carbons (Fsp3) is 0.375. The van der Waals surface area contributed by atoms with Gasteiger partial charge in [-0.3, -0.25) is 9.59 Å². The number of nitrogens with two attached hydrogens (primary N) is 1. The summed E-state index contributed by atoms with van der Waals surface area (Å²) in [5, 5.41) is 11.9. The second kappa shape index (κ2) is 7.88. The molecule has 3 heterocycles. The average Bonchev–Trinajstić information content (AvgIpc) is 3.24. The number of thiophene rings is 2. The molecule has 1 fully saturated rings. The first-order chi connectivity index (χ1) is 12.7. The van der Waals surface area contributed by atoms with Crippen molar-refractivity contribution >= 4 is 56.1 Å². The molecule has 1 saturated heterocycles. The van der Waals surface area contributed by atoms with Gasteiger partial charge in [-0.15, -0.1) is 11.3 Å². The molecule has 1 aliphatic rings. The van der Waals surface area contributed by atoms with E-state index in [1.165, 1.54) is 18.3 Å². The molecule has 27 heavy (non-hydrogen) atoms. The number of sulfonamides is 1. The van der Waals surface area contributed by atoms with E-state index in [1.54, 1.807) is 16.3 Å². The van der Waals surface area contributed by atoms with Crippen LogP contribution in [0.5, 0.6) is 0 Å². The lowest BCUT2D eigenvalue weighted by atomic mass is 10.0. The predicted molar refractivity (Wildman–Crippen MR) is 106 cm³/mol. The standard InChI is InChI=1S/C16H18ClN3O4S3/c1-9-12(17)13(26-16(9)27(18,23)24)15(22)20-5-2-11(3-6-20)19-14(21)10-4-7-25-8-10/h4,7-8,11H,2-3,5-6H2,1H3,(H,19,21)(H2,18,23,24). The molecule has 0 spiro atoms. The molecular weight excluding hydrogens is 430 g/mol. The van der Waals surface area contributed by atoms with E-state index in [-0.39, 0.29) is 32.0 Å². The van der Waals surface area contributed by atoms with Gasteiger partial charge in [0.05, 0.1) is 5.02 Å². The highest BCUT2D eigenvalue weighted by atomic mass is 35.5. The van der Waals surface area contributed by atoms with Crippen molar-refractivity contribution in [1.29, 1.82) is 0 Å². The molecule has 146 valence electrons. The summed E-state index contributed by atoms with van der Waals surface area (Å²) in [6.07, 6.45) is 1.23. The summed E-state index contributed by atoms with van der Waals surface area (Å²) < 4.78 is 23.2. The van der Waals surface area contributed by atoms with Gasteiger partial charge in [-0.05, 0) is 36.8 Å². The Kier molecular flexibility index (Phi) is 5.92. The first kappa shape index (κ1) is 20.3. The highest BCUT2D eigenvalue weighted by Gasteiger charge is 2.30. The number of primary sulfonamides is 1. The van der Waals surface area contributed by atoms with Crippen LogP contribution in [0.3, 0.4) is 0 Å². The molecule has 0 unspecified atom stereocenters. The molecular formula is C16H18ClN3O4S3.